The van der Waals surface area contributed by atoms with E-state index in [1.54, 1.807) is 7.05 Å². The maximum atomic E-state index is 12.5. The molecule has 3 amide bonds. The summed E-state index contributed by atoms with van der Waals surface area (Å²) in [5, 5.41) is 3.94. The fraction of sp³-hybridized carbons (Fsp3) is 0.381. The second kappa shape index (κ2) is 7.98. The molecule has 150 valence electrons. The third-order valence-corrected chi connectivity index (χ3v) is 5.45. The number of amides is 3. The lowest BCUT2D eigenvalue weighted by molar-refractivity contribution is -0.140. The molecule has 29 heavy (non-hydrogen) atoms. The van der Waals surface area contributed by atoms with Crippen LogP contribution in [0, 0.1) is 11.8 Å². The van der Waals surface area contributed by atoms with Crippen LogP contribution in [0.2, 0.25) is 0 Å². The molecular formula is C21H22N4O4. The van der Waals surface area contributed by atoms with E-state index in [0.717, 1.165) is 5.56 Å². The quantitative estimate of drug-likeness (QED) is 0.549. The van der Waals surface area contributed by atoms with E-state index in [-0.39, 0.29) is 49.1 Å². The van der Waals surface area contributed by atoms with Gasteiger partial charge in [-0.25, -0.2) is 0 Å². The van der Waals surface area contributed by atoms with Crippen molar-refractivity contribution in [2.75, 3.05) is 13.6 Å². The van der Waals surface area contributed by atoms with Gasteiger partial charge in [0.05, 0.1) is 18.4 Å². The van der Waals surface area contributed by atoms with Crippen molar-refractivity contribution in [2.24, 2.45) is 11.8 Å². The maximum absolute atomic E-state index is 12.5. The van der Waals surface area contributed by atoms with E-state index in [1.807, 2.05) is 42.5 Å². The number of hydrogen-bond donors (Lipinski definition) is 0. The zero-order chi connectivity index (χ0) is 20.4. The van der Waals surface area contributed by atoms with Gasteiger partial charge >= 0.3 is 0 Å². The van der Waals surface area contributed by atoms with Gasteiger partial charge in [-0.15, -0.1) is 0 Å². The first kappa shape index (κ1) is 19.0. The normalized spacial score (nSPS) is 20.8. The fourth-order valence-electron chi connectivity index (χ4n) is 3.80. The SMILES string of the molecule is CN(Cc1nc(-c2ccccc2)no1)C(=O)CCN1C(=O)[C@H]2CC=CC[C@H]2C1=O. The van der Waals surface area contributed by atoms with Crippen molar-refractivity contribution in [3.8, 4) is 11.4 Å². The van der Waals surface area contributed by atoms with Crippen LogP contribution >= 0.6 is 0 Å². The highest BCUT2D eigenvalue weighted by Crippen LogP contribution is 2.35. The number of rotatable bonds is 6. The minimum Gasteiger partial charge on any atom is -0.337 e. The number of nitrogens with zero attached hydrogens (tertiary/aromatic N) is 4. The zero-order valence-electron chi connectivity index (χ0n) is 16.2. The largest absolute Gasteiger partial charge is 0.337 e. The highest BCUT2D eigenvalue weighted by molar-refractivity contribution is 6.05. The smallest absolute Gasteiger partial charge is 0.246 e. The van der Waals surface area contributed by atoms with E-state index in [9.17, 15) is 14.4 Å². The van der Waals surface area contributed by atoms with Crippen molar-refractivity contribution in [1.82, 2.24) is 19.9 Å². The van der Waals surface area contributed by atoms with Crippen LogP contribution in [0.5, 0.6) is 0 Å². The van der Waals surface area contributed by atoms with Crippen molar-refractivity contribution < 1.29 is 18.9 Å². The van der Waals surface area contributed by atoms with Gasteiger partial charge in [0.2, 0.25) is 29.4 Å². The topological polar surface area (TPSA) is 96.6 Å². The van der Waals surface area contributed by atoms with Crippen LogP contribution in [0.3, 0.4) is 0 Å². The summed E-state index contributed by atoms with van der Waals surface area (Å²) in [5.74, 6) is -0.271. The van der Waals surface area contributed by atoms with Gasteiger partial charge in [-0.3, -0.25) is 19.3 Å². The molecule has 0 radical (unpaired) electrons. The molecule has 1 aromatic heterocycles. The molecule has 0 bridgehead atoms. The number of benzene rings is 1. The summed E-state index contributed by atoms with van der Waals surface area (Å²) in [6.07, 6.45) is 5.16. The molecule has 4 rings (SSSR count). The molecule has 2 heterocycles. The van der Waals surface area contributed by atoms with Crippen molar-refractivity contribution >= 4 is 17.7 Å². The summed E-state index contributed by atoms with van der Waals surface area (Å²) in [6.45, 7) is 0.267. The van der Waals surface area contributed by atoms with Gasteiger partial charge in [0.1, 0.15) is 0 Å². The van der Waals surface area contributed by atoms with Crippen LogP contribution in [0.15, 0.2) is 47.0 Å². The molecule has 1 aromatic carbocycles. The Bertz CT molecular complexity index is 927. The molecule has 1 fully saturated rings. The van der Waals surface area contributed by atoms with Gasteiger partial charge < -0.3 is 9.42 Å². The number of hydrogen-bond acceptors (Lipinski definition) is 6. The van der Waals surface area contributed by atoms with Crippen LogP contribution in [0.4, 0.5) is 0 Å². The number of carbonyl (C=O) groups is 3. The predicted octanol–water partition coefficient (Wildman–Crippen LogP) is 2.04. The van der Waals surface area contributed by atoms with Crippen LogP contribution in [0.1, 0.15) is 25.2 Å². The average molecular weight is 394 g/mol. The predicted molar refractivity (Wildman–Crippen MR) is 103 cm³/mol. The molecule has 0 N–H and O–H groups in total. The first-order valence-corrected chi connectivity index (χ1v) is 9.67. The number of imide groups is 1. The lowest BCUT2D eigenvalue weighted by Crippen LogP contribution is -2.36. The standard InChI is InChI=1S/C21H22N4O4/c1-24(13-17-22-19(23-29-17)14-7-3-2-4-8-14)18(26)11-12-25-20(27)15-9-5-6-10-16(15)21(25)28/h2-8,15-16H,9-13H2,1H3/t15-,16+. The number of fused-ring (bicyclic) bond motifs is 1. The van der Waals surface area contributed by atoms with Gasteiger partial charge in [-0.1, -0.05) is 47.6 Å². The van der Waals surface area contributed by atoms with Crippen LogP contribution < -0.4 is 0 Å². The van der Waals surface area contributed by atoms with Gasteiger partial charge in [0.15, 0.2) is 0 Å². The molecule has 0 spiro atoms. The van der Waals surface area contributed by atoms with Crippen molar-refractivity contribution in [3.63, 3.8) is 0 Å². The van der Waals surface area contributed by atoms with Gasteiger partial charge in [-0.2, -0.15) is 4.98 Å². The maximum Gasteiger partial charge on any atom is 0.246 e. The van der Waals surface area contributed by atoms with E-state index in [0.29, 0.717) is 24.6 Å². The van der Waals surface area contributed by atoms with Crippen molar-refractivity contribution in [3.05, 3.63) is 48.4 Å². The lowest BCUT2D eigenvalue weighted by atomic mass is 9.85. The zero-order valence-corrected chi connectivity index (χ0v) is 16.2. The Hall–Kier alpha value is -3.29. The summed E-state index contributed by atoms with van der Waals surface area (Å²) >= 11 is 0. The Balaban J connectivity index is 1.32. The van der Waals surface area contributed by atoms with Crippen LogP contribution in [-0.2, 0) is 20.9 Å². The van der Waals surface area contributed by atoms with Crippen molar-refractivity contribution in [1.29, 1.82) is 0 Å². The third-order valence-electron chi connectivity index (χ3n) is 5.45. The Morgan fingerprint density at radius 3 is 2.45 bits per heavy atom. The van der Waals surface area contributed by atoms with Gasteiger partial charge in [0, 0.05) is 25.6 Å². The third kappa shape index (κ3) is 3.83. The molecule has 2 aromatic rings. The van der Waals surface area contributed by atoms with Gasteiger partial charge in [0.25, 0.3) is 0 Å². The summed E-state index contributed by atoms with van der Waals surface area (Å²) in [6, 6.07) is 9.42. The van der Waals surface area contributed by atoms with Crippen molar-refractivity contribution in [2.45, 2.75) is 25.8 Å². The molecule has 0 unspecified atom stereocenters. The van der Waals surface area contributed by atoms with E-state index >= 15 is 0 Å². The molecule has 8 nitrogen and oxygen atoms in total. The molecule has 0 saturated carbocycles. The molecule has 1 saturated heterocycles. The second-order valence-electron chi connectivity index (χ2n) is 7.36. The second-order valence-corrected chi connectivity index (χ2v) is 7.36. The molecule has 2 atom stereocenters. The highest BCUT2D eigenvalue weighted by Gasteiger charge is 2.46. The summed E-state index contributed by atoms with van der Waals surface area (Å²) in [7, 11) is 1.63. The van der Waals surface area contributed by atoms with E-state index in [4.69, 9.17) is 4.52 Å². The number of allylic oxidation sites excluding steroid dienone is 2. The Labute approximate surface area is 168 Å². The Kier molecular flexibility index (Phi) is 5.24. The lowest BCUT2D eigenvalue weighted by Gasteiger charge is -2.18. The first-order valence-electron chi connectivity index (χ1n) is 9.67. The first-order chi connectivity index (χ1) is 14.0. The number of likely N-dealkylation sites (tertiary alicyclic amines) is 1. The highest BCUT2D eigenvalue weighted by atomic mass is 16.5. The summed E-state index contributed by atoms with van der Waals surface area (Å²) in [4.78, 5) is 44.5. The summed E-state index contributed by atoms with van der Waals surface area (Å²) in [5.41, 5.74) is 0.832. The monoisotopic (exact) mass is 394 g/mol. The average Bonchev–Trinajstić information content (AvgIpc) is 3.31. The van der Waals surface area contributed by atoms with E-state index < -0.39 is 0 Å². The minimum absolute atomic E-state index is 0.0700. The number of aromatic nitrogens is 2. The van der Waals surface area contributed by atoms with E-state index in [1.165, 1.54) is 9.80 Å². The Morgan fingerprint density at radius 1 is 1.14 bits per heavy atom. The summed E-state index contributed by atoms with van der Waals surface area (Å²) < 4.78 is 5.24. The fourth-order valence-corrected chi connectivity index (χ4v) is 3.80. The molecule has 2 aliphatic rings. The van der Waals surface area contributed by atoms with Crippen LogP contribution in [-0.4, -0.2) is 51.3 Å². The van der Waals surface area contributed by atoms with Gasteiger partial charge in [-0.05, 0) is 12.8 Å². The molecular weight excluding hydrogens is 372 g/mol. The Morgan fingerprint density at radius 2 is 1.79 bits per heavy atom. The number of carbonyl (C=O) groups excluding carboxylic acids is 3. The van der Waals surface area contributed by atoms with Crippen LogP contribution in [0.25, 0.3) is 11.4 Å². The molecule has 8 heteroatoms. The minimum atomic E-state index is -0.268. The molecule has 1 aliphatic carbocycles. The molecule has 1 aliphatic heterocycles. The van der Waals surface area contributed by atoms with E-state index in [2.05, 4.69) is 10.1 Å².